The van der Waals surface area contributed by atoms with E-state index < -0.39 is 7.12 Å². The molecule has 6 aromatic heterocycles. The van der Waals surface area contributed by atoms with Gasteiger partial charge in [-0.2, -0.15) is 0 Å². The SMILES string of the molecule is Brc1ccc2c(c1)c1ccccc1c1nnc(-c3ccccc3)n21.OB(O)c1ccc(-c2cccc3c2sc2ccccc23)cc1.c1ccc(-c2nnc3c4ccccc4c4cc(-c5ccc(-c6cccc7c6sc6ccccc67)cc5)ccc4n23)cc1. The molecule has 18 aromatic rings. The van der Waals surface area contributed by atoms with E-state index in [1.165, 1.54) is 89.7 Å². The van der Waals surface area contributed by atoms with Gasteiger partial charge in [0.15, 0.2) is 22.9 Å². The van der Waals surface area contributed by atoms with E-state index in [0.29, 0.717) is 5.46 Å². The minimum Gasteiger partial charge on any atom is -0.423 e. The van der Waals surface area contributed by atoms with Crippen molar-refractivity contribution in [2.45, 2.75) is 0 Å². The molecule has 18 rings (SSSR count). The number of hydrogen-bond acceptors (Lipinski definition) is 8. The number of rotatable bonds is 6. The average molecular weight is 1230 g/mol. The highest BCUT2D eigenvalue weighted by molar-refractivity contribution is 9.10. The van der Waals surface area contributed by atoms with Gasteiger partial charge in [-0.25, -0.2) is 0 Å². The standard InChI is InChI=1S/C38H23N3S.C20H12BrN3.C18H13BO2S/c1-2-9-26(10-3-1)37-39-40-38-32-13-5-4-11-29(32)33-23-27(21-22-34(33)41(37)38)24-17-19-25(20-18-24)28-14-8-15-31-30-12-6-7-16-35(30)42-36(28)31;21-14-10-11-18-17(12-14)15-8-4-5-9-16(15)20-23-22-19(24(18)20)13-6-2-1-3-7-13;20-19(21)13-10-8-12(9-11-13)14-5-3-6-16-15-4-1-2-7-17(15)22-18(14)16/h1-23H;1-12H;1-11,20-21H. The summed E-state index contributed by atoms with van der Waals surface area (Å²) in [6.45, 7) is 0. The molecule has 0 spiro atoms. The van der Waals surface area contributed by atoms with E-state index in [1.807, 2.05) is 65.9 Å². The van der Waals surface area contributed by atoms with Crippen LogP contribution in [0.2, 0.25) is 0 Å². The first-order valence-electron chi connectivity index (χ1n) is 28.9. The van der Waals surface area contributed by atoms with Crippen LogP contribution in [-0.4, -0.2) is 46.4 Å². The lowest BCUT2D eigenvalue weighted by Crippen LogP contribution is -2.29. The Hall–Kier alpha value is -10.2. The number of benzene rings is 12. The molecule has 0 unspecified atom stereocenters. The zero-order valence-electron chi connectivity index (χ0n) is 46.9. The first kappa shape index (κ1) is 53.3. The molecule has 0 saturated heterocycles. The number of thiophene rings is 2. The van der Waals surface area contributed by atoms with Crippen LogP contribution in [0.4, 0.5) is 0 Å². The number of aromatic nitrogens is 6. The van der Waals surface area contributed by atoms with Crippen LogP contribution < -0.4 is 5.46 Å². The van der Waals surface area contributed by atoms with Crippen molar-refractivity contribution in [1.29, 1.82) is 0 Å². The quantitative estimate of drug-likeness (QED) is 0.127. The first-order valence-corrected chi connectivity index (χ1v) is 31.4. The van der Waals surface area contributed by atoms with Gasteiger partial charge in [-0.3, -0.25) is 8.80 Å². The number of halogens is 1. The summed E-state index contributed by atoms with van der Waals surface area (Å²) >= 11 is 7.27. The Morgan fingerprint density at radius 2 is 0.705 bits per heavy atom. The molecule has 12 heteroatoms. The molecule has 0 aliphatic carbocycles. The van der Waals surface area contributed by atoms with E-state index in [1.54, 1.807) is 23.5 Å². The molecule has 416 valence electrons. The summed E-state index contributed by atoms with van der Waals surface area (Å²) in [7, 11) is -1.42. The monoisotopic (exact) mass is 1230 g/mol. The largest absolute Gasteiger partial charge is 0.488 e. The molecule has 0 atom stereocenters. The van der Waals surface area contributed by atoms with Gasteiger partial charge in [0.1, 0.15) is 0 Å². The van der Waals surface area contributed by atoms with Crippen molar-refractivity contribution >= 4 is 146 Å². The molecule has 0 amide bonds. The molecule has 0 fully saturated rings. The van der Waals surface area contributed by atoms with Crippen LogP contribution in [0.5, 0.6) is 0 Å². The molecule has 88 heavy (non-hydrogen) atoms. The minimum absolute atomic E-state index is 0.507. The Bertz CT molecular complexity index is 5690. The van der Waals surface area contributed by atoms with E-state index in [9.17, 15) is 10.0 Å². The second-order valence-electron chi connectivity index (χ2n) is 21.7. The molecule has 0 aliphatic heterocycles. The second-order valence-corrected chi connectivity index (χ2v) is 24.7. The lowest BCUT2D eigenvalue weighted by atomic mass is 9.80. The second kappa shape index (κ2) is 22.3. The molecular weight excluding hydrogens is 1180 g/mol. The van der Waals surface area contributed by atoms with Crippen LogP contribution in [0.15, 0.2) is 284 Å². The van der Waals surface area contributed by atoms with E-state index in [-0.39, 0.29) is 0 Å². The minimum atomic E-state index is -1.42. The van der Waals surface area contributed by atoms with Gasteiger partial charge < -0.3 is 10.0 Å². The van der Waals surface area contributed by atoms with Crippen LogP contribution in [0, 0.1) is 0 Å². The van der Waals surface area contributed by atoms with Gasteiger partial charge in [-0.15, -0.1) is 43.1 Å². The number of hydrogen-bond donors (Lipinski definition) is 2. The molecule has 2 N–H and O–H groups in total. The molecular formula is C76H48BBrN6O2S2. The zero-order chi connectivity index (χ0) is 58.8. The highest BCUT2D eigenvalue weighted by atomic mass is 79.9. The van der Waals surface area contributed by atoms with Crippen LogP contribution in [0.25, 0.3) is 151 Å². The van der Waals surface area contributed by atoms with Gasteiger partial charge >= 0.3 is 7.12 Å². The van der Waals surface area contributed by atoms with E-state index in [0.717, 1.165) is 65.9 Å². The number of nitrogens with zero attached hydrogens (tertiary/aromatic N) is 6. The average Bonchev–Trinajstić information content (AvgIpc) is 1.48. The summed E-state index contributed by atoms with van der Waals surface area (Å²) in [6, 6.07) is 96.9. The summed E-state index contributed by atoms with van der Waals surface area (Å²) in [5.74, 6) is 1.72. The summed E-state index contributed by atoms with van der Waals surface area (Å²) in [6.07, 6.45) is 0. The Morgan fingerprint density at radius 1 is 0.307 bits per heavy atom. The molecule has 0 bridgehead atoms. The number of fused-ring (bicyclic) bond motifs is 18. The molecule has 0 aliphatic rings. The summed E-state index contributed by atoms with van der Waals surface area (Å²) in [4.78, 5) is 0. The van der Waals surface area contributed by atoms with Gasteiger partial charge in [0.05, 0.1) is 11.0 Å². The maximum Gasteiger partial charge on any atom is 0.488 e. The molecule has 0 radical (unpaired) electrons. The normalized spacial score (nSPS) is 11.6. The highest BCUT2D eigenvalue weighted by Crippen LogP contribution is 2.43. The predicted octanol–water partition coefficient (Wildman–Crippen LogP) is 19.3. The zero-order valence-corrected chi connectivity index (χ0v) is 50.1. The van der Waals surface area contributed by atoms with Crippen LogP contribution in [0.1, 0.15) is 0 Å². The third-order valence-corrected chi connectivity index (χ3v) is 19.5. The lowest BCUT2D eigenvalue weighted by molar-refractivity contribution is 0.426. The van der Waals surface area contributed by atoms with Crippen molar-refractivity contribution in [2.75, 3.05) is 0 Å². The van der Waals surface area contributed by atoms with Gasteiger partial charge in [0, 0.05) is 77.5 Å². The topological polar surface area (TPSA) is 101 Å². The van der Waals surface area contributed by atoms with Gasteiger partial charge in [0.2, 0.25) is 0 Å². The smallest absolute Gasteiger partial charge is 0.423 e. The van der Waals surface area contributed by atoms with Crippen molar-refractivity contribution in [1.82, 2.24) is 29.2 Å². The Kier molecular flexibility index (Phi) is 13.5. The molecule has 0 saturated carbocycles. The van der Waals surface area contributed by atoms with E-state index in [4.69, 9.17) is 0 Å². The predicted molar refractivity (Wildman–Crippen MR) is 373 cm³/mol. The maximum atomic E-state index is 9.21. The van der Waals surface area contributed by atoms with Crippen molar-refractivity contribution in [2.24, 2.45) is 0 Å². The fraction of sp³-hybridized carbons (Fsp3) is 0. The third-order valence-electron chi connectivity index (χ3n) is 16.6. The van der Waals surface area contributed by atoms with Gasteiger partial charge in [-0.1, -0.05) is 253 Å². The molecule has 6 heterocycles. The summed E-state index contributed by atoms with van der Waals surface area (Å²) < 4.78 is 10.6. The Balaban J connectivity index is 0.000000115. The van der Waals surface area contributed by atoms with Gasteiger partial charge in [0.25, 0.3) is 0 Å². The molecule has 12 aromatic carbocycles. The van der Waals surface area contributed by atoms with Crippen molar-refractivity contribution < 1.29 is 10.0 Å². The fourth-order valence-electron chi connectivity index (χ4n) is 12.4. The van der Waals surface area contributed by atoms with Crippen LogP contribution in [-0.2, 0) is 0 Å². The first-order chi connectivity index (χ1) is 43.4. The summed E-state index contributed by atoms with van der Waals surface area (Å²) in [5, 5.41) is 48.8. The fourth-order valence-corrected chi connectivity index (χ4v) is 15.3. The Labute approximate surface area is 521 Å². The van der Waals surface area contributed by atoms with Crippen molar-refractivity contribution in [3.05, 3.63) is 284 Å². The third kappa shape index (κ3) is 9.29. The van der Waals surface area contributed by atoms with Crippen molar-refractivity contribution in [3.8, 4) is 56.2 Å². The number of pyridine rings is 2. The Morgan fingerprint density at radius 3 is 1.20 bits per heavy atom. The van der Waals surface area contributed by atoms with Crippen LogP contribution >= 0.6 is 38.6 Å². The molecule has 8 nitrogen and oxygen atoms in total. The van der Waals surface area contributed by atoms with E-state index >= 15 is 0 Å². The van der Waals surface area contributed by atoms with E-state index in [2.05, 4.69) is 257 Å². The lowest BCUT2D eigenvalue weighted by Gasteiger charge is -2.12. The van der Waals surface area contributed by atoms with Crippen LogP contribution in [0.3, 0.4) is 0 Å². The van der Waals surface area contributed by atoms with Gasteiger partial charge in [-0.05, 0) is 92.1 Å². The van der Waals surface area contributed by atoms with Crippen molar-refractivity contribution in [3.63, 3.8) is 0 Å². The highest BCUT2D eigenvalue weighted by Gasteiger charge is 2.19. The maximum absolute atomic E-state index is 9.21. The summed E-state index contributed by atoms with van der Waals surface area (Å²) in [5.41, 5.74) is 13.8.